The molecule has 0 radical (unpaired) electrons. The quantitative estimate of drug-likeness (QED) is 0.754. The van der Waals surface area contributed by atoms with Gasteiger partial charge in [0.1, 0.15) is 10.0 Å². The minimum absolute atomic E-state index is 0.0223. The van der Waals surface area contributed by atoms with Gasteiger partial charge >= 0.3 is 0 Å². The lowest BCUT2D eigenvalue weighted by Crippen LogP contribution is -2.42. The van der Waals surface area contributed by atoms with E-state index in [4.69, 9.17) is 11.6 Å². The van der Waals surface area contributed by atoms with E-state index >= 15 is 0 Å². The van der Waals surface area contributed by atoms with Crippen LogP contribution < -0.4 is 0 Å². The third-order valence-electron chi connectivity index (χ3n) is 3.23. The van der Waals surface area contributed by atoms with Gasteiger partial charge in [0.15, 0.2) is 0 Å². The molecule has 1 aromatic rings. The topological polar surface area (TPSA) is 50.3 Å². The van der Waals surface area contributed by atoms with Gasteiger partial charge in [-0.05, 0) is 40.3 Å². The van der Waals surface area contributed by atoms with Gasteiger partial charge in [0.25, 0.3) is 0 Å². The number of nitrogens with zero attached hydrogens (tertiary/aromatic N) is 2. The lowest BCUT2D eigenvalue weighted by molar-refractivity contribution is 0.222. The molecule has 1 aliphatic rings. The van der Waals surface area contributed by atoms with Crippen molar-refractivity contribution >= 4 is 37.6 Å². The SMILES string of the molecule is C[C@@H]1C[C@@H](C)CN(S(=O)(=O)c2cc(Br)cnc2Cl)C1. The Hall–Kier alpha value is -0.170. The van der Waals surface area contributed by atoms with Crippen molar-refractivity contribution in [3.63, 3.8) is 0 Å². The predicted octanol–water partition coefficient (Wildman–Crippen LogP) is 3.16. The maximum Gasteiger partial charge on any atom is 0.246 e. The smallest absolute Gasteiger partial charge is 0.242 e. The second-order valence-electron chi connectivity index (χ2n) is 5.21. The van der Waals surface area contributed by atoms with E-state index in [2.05, 4.69) is 34.8 Å². The number of aromatic nitrogens is 1. The molecule has 0 N–H and O–H groups in total. The molecule has 1 aliphatic heterocycles. The van der Waals surface area contributed by atoms with E-state index in [9.17, 15) is 8.42 Å². The molecule has 0 amide bonds. The first kappa shape index (κ1) is 15.2. The summed E-state index contributed by atoms with van der Waals surface area (Å²) in [6.07, 6.45) is 2.54. The average molecular weight is 368 g/mol. The molecule has 0 aromatic carbocycles. The molecule has 2 heterocycles. The molecule has 2 atom stereocenters. The minimum atomic E-state index is -3.57. The van der Waals surface area contributed by atoms with E-state index in [-0.39, 0.29) is 10.0 Å². The summed E-state index contributed by atoms with van der Waals surface area (Å²) >= 11 is 9.17. The third-order valence-corrected chi connectivity index (χ3v) is 5.92. The van der Waals surface area contributed by atoms with Crippen LogP contribution in [0.2, 0.25) is 5.15 Å². The molecule has 4 nitrogen and oxygen atoms in total. The number of halogens is 2. The fourth-order valence-electron chi connectivity index (χ4n) is 2.53. The molecular weight excluding hydrogens is 352 g/mol. The highest BCUT2D eigenvalue weighted by atomic mass is 79.9. The zero-order chi connectivity index (χ0) is 14.2. The van der Waals surface area contributed by atoms with E-state index in [1.54, 1.807) is 0 Å². The minimum Gasteiger partial charge on any atom is -0.242 e. The van der Waals surface area contributed by atoms with Gasteiger partial charge in [-0.3, -0.25) is 0 Å². The molecule has 1 fully saturated rings. The Labute approximate surface area is 127 Å². The average Bonchev–Trinajstić information content (AvgIpc) is 2.31. The molecule has 106 valence electrons. The van der Waals surface area contributed by atoms with Crippen molar-refractivity contribution < 1.29 is 8.42 Å². The van der Waals surface area contributed by atoms with Crippen LogP contribution in [-0.2, 0) is 10.0 Å². The number of hydrogen-bond acceptors (Lipinski definition) is 3. The fraction of sp³-hybridized carbons (Fsp3) is 0.583. The maximum atomic E-state index is 12.6. The van der Waals surface area contributed by atoms with Crippen molar-refractivity contribution in [3.05, 3.63) is 21.9 Å². The van der Waals surface area contributed by atoms with Crippen molar-refractivity contribution in [2.45, 2.75) is 25.2 Å². The van der Waals surface area contributed by atoms with Crippen molar-refractivity contribution in [1.82, 2.24) is 9.29 Å². The van der Waals surface area contributed by atoms with Gasteiger partial charge < -0.3 is 0 Å². The lowest BCUT2D eigenvalue weighted by Gasteiger charge is -2.34. The summed E-state index contributed by atoms with van der Waals surface area (Å²) in [5, 5.41) is 0.0223. The monoisotopic (exact) mass is 366 g/mol. The molecule has 0 bridgehead atoms. The summed E-state index contributed by atoms with van der Waals surface area (Å²) in [4.78, 5) is 3.96. The van der Waals surface area contributed by atoms with Gasteiger partial charge in [-0.1, -0.05) is 25.4 Å². The molecule has 1 aromatic heterocycles. The first-order valence-corrected chi connectivity index (χ1v) is 8.73. The second-order valence-corrected chi connectivity index (χ2v) is 8.39. The summed E-state index contributed by atoms with van der Waals surface area (Å²) in [7, 11) is -3.57. The largest absolute Gasteiger partial charge is 0.246 e. The number of pyridine rings is 1. The Kier molecular flexibility index (Phi) is 4.55. The van der Waals surface area contributed by atoms with Gasteiger partial charge in [0.05, 0.1) is 0 Å². The van der Waals surface area contributed by atoms with Crippen LogP contribution in [0.4, 0.5) is 0 Å². The van der Waals surface area contributed by atoms with Gasteiger partial charge in [-0.2, -0.15) is 4.31 Å². The van der Waals surface area contributed by atoms with Crippen LogP contribution in [-0.4, -0.2) is 30.8 Å². The van der Waals surface area contributed by atoms with Crippen LogP contribution in [0.25, 0.3) is 0 Å². The van der Waals surface area contributed by atoms with Gasteiger partial charge in [-0.25, -0.2) is 13.4 Å². The molecule has 0 aliphatic carbocycles. The van der Waals surface area contributed by atoms with Crippen LogP contribution in [0, 0.1) is 11.8 Å². The second kappa shape index (κ2) is 5.68. The molecule has 0 saturated carbocycles. The van der Waals surface area contributed by atoms with Gasteiger partial charge in [0, 0.05) is 23.8 Å². The first-order valence-electron chi connectivity index (χ1n) is 6.12. The van der Waals surface area contributed by atoms with Gasteiger partial charge in [-0.15, -0.1) is 0 Å². The summed E-state index contributed by atoms with van der Waals surface area (Å²) in [5.74, 6) is 0.717. The molecular formula is C12H16BrClN2O2S. The maximum absolute atomic E-state index is 12.6. The Morgan fingerprint density at radius 3 is 2.53 bits per heavy atom. The highest BCUT2D eigenvalue weighted by Crippen LogP contribution is 2.30. The molecule has 2 rings (SSSR count). The number of rotatable bonds is 2. The standard InChI is InChI=1S/C12H16BrClN2O2S/c1-8-3-9(2)7-16(6-8)19(17,18)11-4-10(13)5-15-12(11)14/h4-5,8-9H,3,6-7H2,1-2H3/t8-,9-/m1/s1. The summed E-state index contributed by atoms with van der Waals surface area (Å²) in [6.45, 7) is 5.21. The van der Waals surface area contributed by atoms with Crippen molar-refractivity contribution in [3.8, 4) is 0 Å². The molecule has 0 spiro atoms. The Balaban J connectivity index is 2.39. The zero-order valence-electron chi connectivity index (χ0n) is 10.8. The molecule has 0 unspecified atom stereocenters. The van der Waals surface area contributed by atoms with Crippen LogP contribution in [0.1, 0.15) is 20.3 Å². The lowest BCUT2D eigenvalue weighted by atomic mass is 9.94. The molecule has 1 saturated heterocycles. The van der Waals surface area contributed by atoms with Crippen molar-refractivity contribution in [1.29, 1.82) is 0 Å². The summed E-state index contributed by atoms with van der Waals surface area (Å²) in [6, 6.07) is 1.51. The molecule has 19 heavy (non-hydrogen) atoms. The number of hydrogen-bond donors (Lipinski definition) is 0. The highest BCUT2D eigenvalue weighted by Gasteiger charge is 2.33. The summed E-state index contributed by atoms with van der Waals surface area (Å²) in [5.41, 5.74) is 0. The van der Waals surface area contributed by atoms with Crippen molar-refractivity contribution in [2.75, 3.05) is 13.1 Å². The Morgan fingerprint density at radius 1 is 1.37 bits per heavy atom. The molecule has 7 heteroatoms. The number of sulfonamides is 1. The van der Waals surface area contributed by atoms with Gasteiger partial charge in [0.2, 0.25) is 10.0 Å². The summed E-state index contributed by atoms with van der Waals surface area (Å²) < 4.78 is 27.4. The van der Waals surface area contributed by atoms with E-state index in [0.717, 1.165) is 6.42 Å². The van der Waals surface area contributed by atoms with Crippen molar-refractivity contribution in [2.24, 2.45) is 11.8 Å². The third kappa shape index (κ3) is 3.29. The number of piperidine rings is 1. The first-order chi connectivity index (χ1) is 8.80. The fourth-order valence-corrected chi connectivity index (χ4v) is 5.13. The highest BCUT2D eigenvalue weighted by molar-refractivity contribution is 9.10. The van der Waals surface area contributed by atoms with Crippen LogP contribution in [0.5, 0.6) is 0 Å². The van der Waals surface area contributed by atoms with E-state index < -0.39 is 10.0 Å². The van der Waals surface area contributed by atoms with Crippen LogP contribution in [0.3, 0.4) is 0 Å². The zero-order valence-corrected chi connectivity index (χ0v) is 14.0. The van der Waals surface area contributed by atoms with Crippen LogP contribution >= 0.6 is 27.5 Å². The van der Waals surface area contributed by atoms with Crippen LogP contribution in [0.15, 0.2) is 21.6 Å². The van der Waals surface area contributed by atoms with E-state index in [1.807, 2.05) is 0 Å². The van der Waals surface area contributed by atoms with E-state index in [0.29, 0.717) is 29.4 Å². The predicted molar refractivity (Wildman–Crippen MR) is 78.7 cm³/mol. The normalized spacial score (nSPS) is 25.5. The van der Waals surface area contributed by atoms with E-state index in [1.165, 1.54) is 16.6 Å². The Morgan fingerprint density at radius 2 is 1.95 bits per heavy atom. The Bertz CT molecular complexity index is 569.